The second-order valence-corrected chi connectivity index (χ2v) is 3.77. The lowest BCUT2D eigenvalue weighted by molar-refractivity contribution is -0.385. The van der Waals surface area contributed by atoms with Crippen LogP contribution >= 0.6 is 0 Å². The van der Waals surface area contributed by atoms with Crippen LogP contribution in [0.2, 0.25) is 0 Å². The van der Waals surface area contributed by atoms with E-state index in [1.54, 1.807) is 6.07 Å². The van der Waals surface area contributed by atoms with Crippen LogP contribution in [0.25, 0.3) is 0 Å². The van der Waals surface area contributed by atoms with Gasteiger partial charge in [0, 0.05) is 12.5 Å². The minimum Gasteiger partial charge on any atom is -0.493 e. The number of methoxy groups -OCH3 is 2. The van der Waals surface area contributed by atoms with E-state index in [2.05, 4.69) is 0 Å². The van der Waals surface area contributed by atoms with Crippen LogP contribution < -0.4 is 9.47 Å². The zero-order valence-corrected chi connectivity index (χ0v) is 9.63. The minimum atomic E-state index is -0.474. The quantitative estimate of drug-likeness (QED) is 0.442. The Balaban J connectivity index is 2.41. The fourth-order valence-corrected chi connectivity index (χ4v) is 1.70. The molecule has 6 heteroatoms. The van der Waals surface area contributed by atoms with Gasteiger partial charge < -0.3 is 14.2 Å². The molecule has 0 amide bonds. The lowest BCUT2D eigenvalue weighted by Crippen LogP contribution is -2.01. The maximum Gasteiger partial charge on any atom is 0.315 e. The van der Waals surface area contributed by atoms with Gasteiger partial charge in [-0.15, -0.1) is 0 Å². The van der Waals surface area contributed by atoms with E-state index in [4.69, 9.17) is 14.2 Å². The van der Waals surface area contributed by atoms with Crippen molar-refractivity contribution in [3.63, 3.8) is 0 Å². The molecule has 92 valence electrons. The number of epoxide rings is 1. The van der Waals surface area contributed by atoms with Gasteiger partial charge in [0.1, 0.15) is 0 Å². The summed E-state index contributed by atoms with van der Waals surface area (Å²) < 4.78 is 15.2. The third-order valence-electron chi connectivity index (χ3n) is 2.58. The number of hydrogen-bond donors (Lipinski definition) is 0. The van der Waals surface area contributed by atoms with Gasteiger partial charge in [-0.2, -0.15) is 0 Å². The first kappa shape index (κ1) is 11.7. The second-order valence-electron chi connectivity index (χ2n) is 3.77. The average Bonchev–Trinajstić information content (AvgIpc) is 3.11. The Morgan fingerprint density at radius 3 is 2.65 bits per heavy atom. The van der Waals surface area contributed by atoms with E-state index in [1.807, 2.05) is 0 Å². The van der Waals surface area contributed by atoms with Crippen molar-refractivity contribution in [3.05, 3.63) is 27.8 Å². The fourth-order valence-electron chi connectivity index (χ4n) is 1.70. The summed E-state index contributed by atoms with van der Waals surface area (Å²) in [5.74, 6) is 0.523. The van der Waals surface area contributed by atoms with Crippen LogP contribution in [-0.4, -0.2) is 31.9 Å². The van der Waals surface area contributed by atoms with Crippen LogP contribution in [-0.2, 0) is 11.2 Å². The molecule has 0 bridgehead atoms. The van der Waals surface area contributed by atoms with E-state index < -0.39 is 4.92 Å². The van der Waals surface area contributed by atoms with E-state index >= 15 is 0 Å². The molecular weight excluding hydrogens is 226 g/mol. The number of hydrogen-bond acceptors (Lipinski definition) is 5. The van der Waals surface area contributed by atoms with E-state index in [1.165, 1.54) is 20.3 Å². The van der Waals surface area contributed by atoms with Crippen molar-refractivity contribution in [1.29, 1.82) is 0 Å². The molecule has 0 saturated carbocycles. The van der Waals surface area contributed by atoms with Gasteiger partial charge in [0.05, 0.1) is 31.9 Å². The summed E-state index contributed by atoms with van der Waals surface area (Å²) in [6.45, 7) is 0.710. The monoisotopic (exact) mass is 239 g/mol. The zero-order chi connectivity index (χ0) is 12.4. The Morgan fingerprint density at radius 2 is 2.18 bits per heavy atom. The SMILES string of the molecule is COc1cc(CC2CO2)cc([N+](=O)[O-])c1OC. The molecule has 0 aliphatic carbocycles. The van der Waals surface area contributed by atoms with Gasteiger partial charge in [0.2, 0.25) is 5.75 Å². The van der Waals surface area contributed by atoms with Crippen molar-refractivity contribution in [2.75, 3.05) is 20.8 Å². The Bertz CT molecular complexity index is 442. The summed E-state index contributed by atoms with van der Waals surface area (Å²) in [5, 5.41) is 10.9. The van der Waals surface area contributed by atoms with Crippen LogP contribution in [0.15, 0.2) is 12.1 Å². The van der Waals surface area contributed by atoms with Gasteiger partial charge in [0.25, 0.3) is 0 Å². The van der Waals surface area contributed by atoms with Gasteiger partial charge >= 0.3 is 5.69 Å². The molecule has 1 aromatic carbocycles. The van der Waals surface area contributed by atoms with Crippen molar-refractivity contribution in [1.82, 2.24) is 0 Å². The Hall–Kier alpha value is -1.82. The molecule has 1 aliphatic rings. The summed E-state index contributed by atoms with van der Waals surface area (Å²) >= 11 is 0. The molecule has 2 rings (SSSR count). The topological polar surface area (TPSA) is 74.1 Å². The second kappa shape index (κ2) is 4.58. The number of nitrogens with zero attached hydrogens (tertiary/aromatic N) is 1. The predicted molar refractivity (Wildman–Crippen MR) is 59.6 cm³/mol. The summed E-state index contributed by atoms with van der Waals surface area (Å²) in [4.78, 5) is 10.5. The molecule has 1 fully saturated rings. The van der Waals surface area contributed by atoms with Crippen molar-refractivity contribution in [3.8, 4) is 11.5 Å². The Labute approximate surface area is 98.2 Å². The summed E-state index contributed by atoms with van der Waals surface area (Å²) in [6, 6.07) is 3.25. The molecule has 0 N–H and O–H groups in total. The molecule has 1 unspecified atom stereocenters. The van der Waals surface area contributed by atoms with E-state index in [0.717, 1.165) is 5.56 Å². The van der Waals surface area contributed by atoms with Crippen LogP contribution in [0.1, 0.15) is 5.56 Å². The Kier molecular flexibility index (Phi) is 3.14. The smallest absolute Gasteiger partial charge is 0.315 e. The Morgan fingerprint density at radius 1 is 1.47 bits per heavy atom. The normalized spacial score (nSPS) is 17.6. The van der Waals surface area contributed by atoms with E-state index in [9.17, 15) is 10.1 Å². The molecule has 1 aromatic rings. The standard InChI is InChI=1S/C11H13NO5/c1-15-10-5-7(3-8-6-17-8)4-9(12(13)14)11(10)16-2/h4-5,8H,3,6H2,1-2H3. The average molecular weight is 239 g/mol. The minimum absolute atomic E-state index is 0.0810. The largest absolute Gasteiger partial charge is 0.493 e. The zero-order valence-electron chi connectivity index (χ0n) is 9.63. The van der Waals surface area contributed by atoms with Crippen molar-refractivity contribution in [2.45, 2.75) is 12.5 Å². The molecule has 0 spiro atoms. The first-order chi connectivity index (χ1) is 8.15. The summed E-state index contributed by atoms with van der Waals surface area (Å²) in [6.07, 6.45) is 0.828. The fraction of sp³-hybridized carbons (Fsp3) is 0.455. The van der Waals surface area contributed by atoms with Gasteiger partial charge in [0.15, 0.2) is 5.75 Å². The van der Waals surface area contributed by atoms with Gasteiger partial charge in [-0.05, 0) is 11.6 Å². The third kappa shape index (κ3) is 2.47. The van der Waals surface area contributed by atoms with Crippen LogP contribution in [0.4, 0.5) is 5.69 Å². The highest BCUT2D eigenvalue weighted by atomic mass is 16.6. The highest BCUT2D eigenvalue weighted by Crippen LogP contribution is 2.38. The number of benzene rings is 1. The number of nitro groups is 1. The molecule has 1 heterocycles. The summed E-state index contributed by atoms with van der Waals surface area (Å²) in [5.41, 5.74) is 0.736. The lowest BCUT2D eigenvalue weighted by atomic mass is 10.1. The molecule has 17 heavy (non-hydrogen) atoms. The highest BCUT2D eigenvalue weighted by molar-refractivity contribution is 5.58. The maximum absolute atomic E-state index is 10.9. The lowest BCUT2D eigenvalue weighted by Gasteiger charge is -2.09. The van der Waals surface area contributed by atoms with Crippen molar-refractivity contribution >= 4 is 5.69 Å². The number of rotatable bonds is 5. The first-order valence-corrected chi connectivity index (χ1v) is 5.16. The molecule has 1 aliphatic heterocycles. The van der Waals surface area contributed by atoms with E-state index in [-0.39, 0.29) is 17.5 Å². The molecule has 1 saturated heterocycles. The molecule has 1 atom stereocenters. The number of ether oxygens (including phenoxy) is 3. The molecular formula is C11H13NO5. The van der Waals surface area contributed by atoms with Gasteiger partial charge in [-0.25, -0.2) is 0 Å². The summed E-state index contributed by atoms with van der Waals surface area (Å²) in [7, 11) is 2.84. The molecule has 0 aromatic heterocycles. The molecule has 6 nitrogen and oxygen atoms in total. The van der Waals surface area contributed by atoms with Crippen LogP contribution in [0.3, 0.4) is 0 Å². The van der Waals surface area contributed by atoms with Crippen LogP contribution in [0, 0.1) is 10.1 Å². The molecule has 0 radical (unpaired) electrons. The van der Waals surface area contributed by atoms with E-state index in [0.29, 0.717) is 18.8 Å². The predicted octanol–water partition coefficient (Wildman–Crippen LogP) is 1.55. The van der Waals surface area contributed by atoms with Crippen LogP contribution in [0.5, 0.6) is 11.5 Å². The van der Waals surface area contributed by atoms with Gasteiger partial charge in [-0.3, -0.25) is 10.1 Å². The van der Waals surface area contributed by atoms with Crippen molar-refractivity contribution < 1.29 is 19.1 Å². The first-order valence-electron chi connectivity index (χ1n) is 5.16. The third-order valence-corrected chi connectivity index (χ3v) is 2.58. The van der Waals surface area contributed by atoms with Crippen molar-refractivity contribution in [2.24, 2.45) is 0 Å². The maximum atomic E-state index is 10.9. The number of nitro benzene ring substituents is 1. The highest BCUT2D eigenvalue weighted by Gasteiger charge is 2.26. The van der Waals surface area contributed by atoms with Gasteiger partial charge in [-0.1, -0.05) is 0 Å².